The van der Waals surface area contributed by atoms with Gasteiger partial charge in [0.1, 0.15) is 0 Å². The first-order valence-corrected chi connectivity index (χ1v) is 6.22. The molecule has 15 heavy (non-hydrogen) atoms. The van der Waals surface area contributed by atoms with Crippen LogP contribution in [-0.2, 0) is 0 Å². The highest BCUT2D eigenvalue weighted by molar-refractivity contribution is 8.15. The molecular weight excluding hydrogens is 251 g/mol. The van der Waals surface area contributed by atoms with E-state index < -0.39 is 0 Å². The van der Waals surface area contributed by atoms with E-state index in [-0.39, 0.29) is 0 Å². The molecule has 0 amide bonds. The van der Waals surface area contributed by atoms with Crippen LogP contribution < -0.4 is 5.32 Å². The van der Waals surface area contributed by atoms with Crippen LogP contribution in [0.4, 0.5) is 5.69 Å². The molecule has 2 rings (SSSR count). The molecule has 0 aliphatic carbocycles. The van der Waals surface area contributed by atoms with E-state index in [0.29, 0.717) is 15.3 Å². The zero-order valence-electron chi connectivity index (χ0n) is 8.13. The molecule has 0 spiro atoms. The highest BCUT2D eigenvalue weighted by Gasteiger charge is 2.16. The van der Waals surface area contributed by atoms with Crippen LogP contribution >= 0.6 is 35.0 Å². The smallest absolute Gasteiger partial charge is 0.161 e. The van der Waals surface area contributed by atoms with Gasteiger partial charge in [-0.2, -0.15) is 0 Å². The molecule has 1 aromatic rings. The summed E-state index contributed by atoms with van der Waals surface area (Å²) >= 11 is 13.7. The van der Waals surface area contributed by atoms with Gasteiger partial charge >= 0.3 is 0 Å². The Bertz CT molecular complexity index is 406. The molecule has 5 heteroatoms. The van der Waals surface area contributed by atoms with Crippen LogP contribution in [0.25, 0.3) is 0 Å². The van der Waals surface area contributed by atoms with E-state index in [1.165, 1.54) is 0 Å². The lowest BCUT2D eigenvalue weighted by atomic mass is 10.3. The van der Waals surface area contributed by atoms with E-state index in [4.69, 9.17) is 23.2 Å². The number of amidine groups is 1. The van der Waals surface area contributed by atoms with E-state index in [2.05, 4.69) is 17.2 Å². The fourth-order valence-electron chi connectivity index (χ4n) is 1.26. The monoisotopic (exact) mass is 260 g/mol. The minimum absolute atomic E-state index is 0.533. The zero-order chi connectivity index (χ0) is 10.8. The molecule has 0 aromatic heterocycles. The molecule has 0 radical (unpaired) electrons. The molecule has 1 heterocycles. The molecule has 1 aliphatic rings. The van der Waals surface area contributed by atoms with Crippen molar-refractivity contribution < 1.29 is 0 Å². The summed E-state index contributed by atoms with van der Waals surface area (Å²) in [4.78, 5) is 4.35. The molecule has 80 valence electrons. The molecule has 1 aliphatic heterocycles. The van der Waals surface area contributed by atoms with Gasteiger partial charge in [-0.3, -0.25) is 4.99 Å². The number of thioether (sulfide) groups is 1. The largest absolute Gasteiger partial charge is 0.334 e. The summed E-state index contributed by atoms with van der Waals surface area (Å²) in [7, 11) is 0. The van der Waals surface area contributed by atoms with Crippen LogP contribution in [0.15, 0.2) is 23.2 Å². The van der Waals surface area contributed by atoms with E-state index >= 15 is 0 Å². The lowest BCUT2D eigenvalue weighted by molar-refractivity contribution is 0.976. The predicted octanol–water partition coefficient (Wildman–Crippen LogP) is 3.90. The molecule has 0 saturated carbocycles. The fourth-order valence-corrected chi connectivity index (χ4v) is 2.46. The van der Waals surface area contributed by atoms with Crippen molar-refractivity contribution in [2.75, 3.05) is 11.9 Å². The second-order valence-electron chi connectivity index (χ2n) is 3.30. The number of hydrogen-bond acceptors (Lipinski definition) is 3. The Morgan fingerprint density at radius 3 is 2.93 bits per heavy atom. The molecule has 1 aromatic carbocycles. The van der Waals surface area contributed by atoms with E-state index in [9.17, 15) is 0 Å². The van der Waals surface area contributed by atoms with E-state index in [0.717, 1.165) is 17.4 Å². The normalized spacial score (nSPS) is 20.2. The number of hydrogen-bond donors (Lipinski definition) is 1. The van der Waals surface area contributed by atoms with Crippen molar-refractivity contribution in [1.82, 2.24) is 0 Å². The summed E-state index contributed by atoms with van der Waals surface area (Å²) in [5.74, 6) is 0. The Morgan fingerprint density at radius 2 is 2.27 bits per heavy atom. The first-order chi connectivity index (χ1) is 7.16. The lowest BCUT2D eigenvalue weighted by Crippen LogP contribution is -2.06. The third-order valence-corrected chi connectivity index (χ3v) is 3.82. The van der Waals surface area contributed by atoms with Crippen LogP contribution in [-0.4, -0.2) is 17.0 Å². The predicted molar refractivity (Wildman–Crippen MR) is 69.4 cm³/mol. The minimum Gasteiger partial charge on any atom is -0.334 e. The molecule has 0 saturated heterocycles. The highest BCUT2D eigenvalue weighted by Crippen LogP contribution is 2.31. The SMILES string of the molecule is CC1CN=C(Nc2cccc(Cl)c2Cl)S1. The second-order valence-corrected chi connectivity index (χ2v) is 5.51. The average Bonchev–Trinajstić information content (AvgIpc) is 2.59. The summed E-state index contributed by atoms with van der Waals surface area (Å²) in [6, 6.07) is 5.52. The van der Waals surface area contributed by atoms with Crippen molar-refractivity contribution in [3.63, 3.8) is 0 Å². The average molecular weight is 261 g/mol. The number of aliphatic imine (C=N–C) groups is 1. The van der Waals surface area contributed by atoms with Crippen LogP contribution in [0.5, 0.6) is 0 Å². The maximum atomic E-state index is 6.05. The Labute approximate surface area is 103 Å². The van der Waals surface area contributed by atoms with Crippen molar-refractivity contribution in [2.24, 2.45) is 4.99 Å². The summed E-state index contributed by atoms with van der Waals surface area (Å²) < 4.78 is 0. The van der Waals surface area contributed by atoms with Gasteiger partial charge in [0.05, 0.1) is 22.3 Å². The fraction of sp³-hybridized carbons (Fsp3) is 0.300. The first-order valence-electron chi connectivity index (χ1n) is 4.59. The summed E-state index contributed by atoms with van der Waals surface area (Å²) in [5, 5.41) is 5.72. The molecule has 1 atom stereocenters. The van der Waals surface area contributed by atoms with Gasteiger partial charge in [0.15, 0.2) is 5.17 Å². The van der Waals surface area contributed by atoms with Gasteiger partial charge in [0, 0.05) is 5.25 Å². The number of halogens is 2. The van der Waals surface area contributed by atoms with Gasteiger partial charge in [-0.25, -0.2) is 0 Å². The van der Waals surface area contributed by atoms with Crippen molar-refractivity contribution in [2.45, 2.75) is 12.2 Å². The molecule has 1 unspecified atom stereocenters. The number of anilines is 1. The third-order valence-electron chi connectivity index (χ3n) is 2.00. The highest BCUT2D eigenvalue weighted by atomic mass is 35.5. The molecule has 0 bridgehead atoms. The third kappa shape index (κ3) is 2.60. The molecule has 2 nitrogen and oxygen atoms in total. The number of nitrogens with zero attached hydrogens (tertiary/aromatic N) is 1. The standard InChI is InChI=1S/C10H10Cl2N2S/c1-6-5-13-10(15-6)14-8-4-2-3-7(11)9(8)12/h2-4,6H,5H2,1H3,(H,13,14). The van der Waals surface area contributed by atoms with Gasteiger partial charge in [-0.15, -0.1) is 0 Å². The van der Waals surface area contributed by atoms with Crippen molar-refractivity contribution in [1.29, 1.82) is 0 Å². The van der Waals surface area contributed by atoms with Crippen molar-refractivity contribution in [3.8, 4) is 0 Å². The maximum Gasteiger partial charge on any atom is 0.161 e. The Morgan fingerprint density at radius 1 is 1.47 bits per heavy atom. The van der Waals surface area contributed by atoms with Gasteiger partial charge in [0.2, 0.25) is 0 Å². The van der Waals surface area contributed by atoms with Gasteiger partial charge in [-0.1, -0.05) is 48.0 Å². The number of rotatable bonds is 1. The zero-order valence-corrected chi connectivity index (χ0v) is 10.5. The van der Waals surface area contributed by atoms with Crippen molar-refractivity contribution >= 4 is 45.8 Å². The topological polar surface area (TPSA) is 24.4 Å². The van der Waals surface area contributed by atoms with Crippen molar-refractivity contribution in [3.05, 3.63) is 28.2 Å². The van der Waals surface area contributed by atoms with E-state index in [1.807, 2.05) is 12.1 Å². The van der Waals surface area contributed by atoms with Crippen LogP contribution in [0, 0.1) is 0 Å². The number of nitrogens with one attached hydrogen (secondary N) is 1. The lowest BCUT2D eigenvalue weighted by Gasteiger charge is -2.08. The van der Waals surface area contributed by atoms with Gasteiger partial charge < -0.3 is 5.32 Å². The Hall–Kier alpha value is -0.380. The number of benzene rings is 1. The molecule has 0 fully saturated rings. The van der Waals surface area contributed by atoms with Crippen LogP contribution in [0.2, 0.25) is 10.0 Å². The van der Waals surface area contributed by atoms with Gasteiger partial charge in [-0.05, 0) is 12.1 Å². The quantitative estimate of drug-likeness (QED) is 0.829. The summed E-state index contributed by atoms with van der Waals surface area (Å²) in [6.07, 6.45) is 0. The van der Waals surface area contributed by atoms with Gasteiger partial charge in [0.25, 0.3) is 0 Å². The first kappa shape index (κ1) is 11.1. The second kappa shape index (κ2) is 4.64. The van der Waals surface area contributed by atoms with E-state index in [1.54, 1.807) is 17.8 Å². The van der Waals surface area contributed by atoms with Crippen LogP contribution in [0.3, 0.4) is 0 Å². The molecule has 1 N–H and O–H groups in total. The summed E-state index contributed by atoms with van der Waals surface area (Å²) in [6.45, 7) is 2.99. The van der Waals surface area contributed by atoms with Crippen LogP contribution in [0.1, 0.15) is 6.92 Å². The minimum atomic E-state index is 0.533. The maximum absolute atomic E-state index is 6.05. The Kier molecular flexibility index (Phi) is 3.44. The summed E-state index contributed by atoms with van der Waals surface area (Å²) in [5.41, 5.74) is 0.810. The Balaban J connectivity index is 2.15. The molecular formula is C10H10Cl2N2S.